The molecule has 2 saturated carbocycles. The van der Waals surface area contributed by atoms with Gasteiger partial charge in [-0.05, 0) is 39.0 Å². The highest BCUT2D eigenvalue weighted by Crippen LogP contribution is 2.65. The topological polar surface area (TPSA) is 90.2 Å². The van der Waals surface area contributed by atoms with Gasteiger partial charge in [0.05, 0.1) is 41.5 Å². The molecule has 5 heteroatoms. The average Bonchev–Trinajstić information content (AvgIpc) is 2.64. The molecule has 7 atom stereocenters. The molecule has 1 aliphatic heterocycles. The largest absolute Gasteiger partial charge is 0.395 e. The predicted molar refractivity (Wildman–Crippen MR) is 71.9 cm³/mol. The third kappa shape index (κ3) is 1.40. The molecular weight excluding hydrogens is 260 g/mol. The molecule has 1 spiro atoms. The van der Waals surface area contributed by atoms with E-state index in [9.17, 15) is 20.4 Å². The van der Waals surface area contributed by atoms with Crippen LogP contribution in [0.15, 0.2) is 0 Å². The molecule has 0 aromatic carbocycles. The lowest BCUT2D eigenvalue weighted by atomic mass is 9.49. The first kappa shape index (κ1) is 14.7. The number of aliphatic hydroxyl groups is 4. The highest BCUT2D eigenvalue weighted by atomic mass is 16.5. The van der Waals surface area contributed by atoms with Gasteiger partial charge in [0.15, 0.2) is 0 Å². The number of rotatable bonds is 1. The first-order valence-electron chi connectivity index (χ1n) is 7.58. The van der Waals surface area contributed by atoms with Crippen LogP contribution in [0.1, 0.15) is 40.0 Å². The number of hydrogen-bond donors (Lipinski definition) is 4. The summed E-state index contributed by atoms with van der Waals surface area (Å²) in [5.41, 5.74) is -2.51. The van der Waals surface area contributed by atoms with Gasteiger partial charge in [0.2, 0.25) is 0 Å². The molecule has 0 radical (unpaired) electrons. The molecular formula is C15H26O5. The van der Waals surface area contributed by atoms with E-state index in [2.05, 4.69) is 6.92 Å². The van der Waals surface area contributed by atoms with Crippen LogP contribution in [0.2, 0.25) is 0 Å². The second-order valence-electron chi connectivity index (χ2n) is 7.53. The Morgan fingerprint density at radius 2 is 1.80 bits per heavy atom. The average molecular weight is 286 g/mol. The Kier molecular flexibility index (Phi) is 3.07. The Balaban J connectivity index is 2.19. The van der Waals surface area contributed by atoms with Gasteiger partial charge < -0.3 is 25.2 Å². The molecule has 3 aliphatic rings. The van der Waals surface area contributed by atoms with Crippen LogP contribution >= 0.6 is 0 Å². The summed E-state index contributed by atoms with van der Waals surface area (Å²) in [5, 5.41) is 41.7. The minimum Gasteiger partial charge on any atom is -0.395 e. The van der Waals surface area contributed by atoms with Crippen molar-refractivity contribution in [1.29, 1.82) is 0 Å². The van der Waals surface area contributed by atoms with Crippen molar-refractivity contribution in [3.8, 4) is 0 Å². The molecule has 4 N–H and O–H groups in total. The van der Waals surface area contributed by atoms with E-state index in [1.165, 1.54) is 0 Å². The molecule has 0 unspecified atom stereocenters. The zero-order valence-corrected chi connectivity index (χ0v) is 12.4. The number of hydrogen-bond acceptors (Lipinski definition) is 5. The molecule has 0 aromatic heterocycles. The molecule has 116 valence electrons. The molecule has 3 rings (SSSR count). The minimum atomic E-state index is -1.19. The van der Waals surface area contributed by atoms with E-state index >= 15 is 0 Å². The van der Waals surface area contributed by atoms with Crippen molar-refractivity contribution in [2.24, 2.45) is 17.3 Å². The summed E-state index contributed by atoms with van der Waals surface area (Å²) < 4.78 is 6.34. The molecule has 3 fully saturated rings. The van der Waals surface area contributed by atoms with Gasteiger partial charge in [-0.3, -0.25) is 0 Å². The summed E-state index contributed by atoms with van der Waals surface area (Å²) in [7, 11) is 0. The Morgan fingerprint density at radius 3 is 2.40 bits per heavy atom. The van der Waals surface area contributed by atoms with E-state index in [-0.39, 0.29) is 18.4 Å². The van der Waals surface area contributed by atoms with Crippen molar-refractivity contribution in [2.45, 2.75) is 69.5 Å². The molecule has 20 heavy (non-hydrogen) atoms. The zero-order chi connectivity index (χ0) is 14.9. The Morgan fingerprint density at radius 1 is 1.15 bits per heavy atom. The van der Waals surface area contributed by atoms with Crippen LogP contribution in [-0.4, -0.2) is 56.5 Å². The second kappa shape index (κ2) is 4.17. The van der Waals surface area contributed by atoms with Crippen molar-refractivity contribution < 1.29 is 25.2 Å². The Hall–Kier alpha value is -0.200. The monoisotopic (exact) mass is 286 g/mol. The lowest BCUT2D eigenvalue weighted by Crippen LogP contribution is -2.72. The Bertz CT molecular complexity index is 411. The van der Waals surface area contributed by atoms with E-state index in [0.29, 0.717) is 12.8 Å². The molecule has 2 aliphatic carbocycles. The fraction of sp³-hybridized carbons (Fsp3) is 1.00. The quantitative estimate of drug-likeness (QED) is 0.547. The highest BCUT2D eigenvalue weighted by molar-refractivity contribution is 5.23. The summed E-state index contributed by atoms with van der Waals surface area (Å²) in [6.45, 7) is 5.52. The third-order valence-corrected chi connectivity index (χ3v) is 6.44. The molecule has 2 bridgehead atoms. The summed E-state index contributed by atoms with van der Waals surface area (Å²) in [6, 6.07) is 0. The van der Waals surface area contributed by atoms with Crippen LogP contribution < -0.4 is 0 Å². The molecule has 1 heterocycles. The maximum atomic E-state index is 10.7. The standard InChI is InChI=1S/C15H26O5/c1-8-4-5-10(17)14(7-16)12(19)11(18)9-6-15(8,14)20-13(9,2)3/h8-12,16-19H,4-7H2,1-3H3/t8-,9+,10+,11-,12-,14-,15+/m0/s1. The van der Waals surface area contributed by atoms with Gasteiger partial charge in [0.1, 0.15) is 0 Å². The van der Waals surface area contributed by atoms with Crippen molar-refractivity contribution in [1.82, 2.24) is 0 Å². The van der Waals surface area contributed by atoms with Gasteiger partial charge in [-0.25, -0.2) is 0 Å². The first-order chi connectivity index (χ1) is 9.23. The van der Waals surface area contributed by atoms with E-state index < -0.39 is 34.9 Å². The lowest BCUT2D eigenvalue weighted by Gasteiger charge is -2.60. The number of fused-ring (bicyclic) bond motifs is 1. The molecule has 0 amide bonds. The second-order valence-corrected chi connectivity index (χ2v) is 7.53. The summed E-state index contributed by atoms with van der Waals surface area (Å²) in [5.74, 6) is -0.0469. The maximum Gasteiger partial charge on any atom is 0.0933 e. The highest BCUT2D eigenvalue weighted by Gasteiger charge is 2.75. The van der Waals surface area contributed by atoms with E-state index in [1.807, 2.05) is 13.8 Å². The Labute approximate surface area is 119 Å². The van der Waals surface area contributed by atoms with Gasteiger partial charge >= 0.3 is 0 Å². The van der Waals surface area contributed by atoms with Crippen LogP contribution in [0.25, 0.3) is 0 Å². The third-order valence-electron chi connectivity index (χ3n) is 6.44. The maximum absolute atomic E-state index is 10.7. The van der Waals surface area contributed by atoms with Crippen LogP contribution in [0.4, 0.5) is 0 Å². The smallest absolute Gasteiger partial charge is 0.0933 e. The summed E-state index contributed by atoms with van der Waals surface area (Å²) in [4.78, 5) is 0. The van der Waals surface area contributed by atoms with Crippen LogP contribution in [-0.2, 0) is 4.74 Å². The molecule has 0 aromatic rings. The first-order valence-corrected chi connectivity index (χ1v) is 7.58. The van der Waals surface area contributed by atoms with Gasteiger partial charge in [-0.1, -0.05) is 6.92 Å². The van der Waals surface area contributed by atoms with E-state index in [1.54, 1.807) is 0 Å². The van der Waals surface area contributed by atoms with Crippen LogP contribution in [0.3, 0.4) is 0 Å². The lowest BCUT2D eigenvalue weighted by molar-refractivity contribution is -0.283. The fourth-order valence-electron chi connectivity index (χ4n) is 5.22. The van der Waals surface area contributed by atoms with Crippen LogP contribution in [0.5, 0.6) is 0 Å². The van der Waals surface area contributed by atoms with E-state index in [4.69, 9.17) is 4.74 Å². The predicted octanol–water partition coefficient (Wildman–Crippen LogP) is 0.0452. The van der Waals surface area contributed by atoms with Crippen molar-refractivity contribution in [3.63, 3.8) is 0 Å². The zero-order valence-electron chi connectivity index (χ0n) is 12.4. The molecule has 5 nitrogen and oxygen atoms in total. The van der Waals surface area contributed by atoms with Crippen LogP contribution in [0, 0.1) is 17.3 Å². The minimum absolute atomic E-state index is 0.129. The van der Waals surface area contributed by atoms with Gasteiger partial charge in [-0.15, -0.1) is 0 Å². The summed E-state index contributed by atoms with van der Waals surface area (Å²) >= 11 is 0. The van der Waals surface area contributed by atoms with Gasteiger partial charge in [-0.2, -0.15) is 0 Å². The molecule has 1 saturated heterocycles. The van der Waals surface area contributed by atoms with Crippen molar-refractivity contribution >= 4 is 0 Å². The SMILES string of the molecule is C[C@H]1CC[C@@H](O)[C@@]2(CO)[C@@H](O)[C@@H](O)[C@H]3C[C@@]12OC3(C)C. The normalized spacial score (nSPS) is 57.5. The number of aliphatic hydroxyl groups excluding tert-OH is 4. The van der Waals surface area contributed by atoms with Crippen molar-refractivity contribution in [2.75, 3.05) is 6.61 Å². The number of ether oxygens (including phenoxy) is 1. The van der Waals surface area contributed by atoms with Gasteiger partial charge in [0.25, 0.3) is 0 Å². The fourth-order valence-corrected chi connectivity index (χ4v) is 5.22. The van der Waals surface area contributed by atoms with Crippen molar-refractivity contribution in [3.05, 3.63) is 0 Å². The van der Waals surface area contributed by atoms with E-state index in [0.717, 1.165) is 6.42 Å². The van der Waals surface area contributed by atoms with Gasteiger partial charge in [0, 0.05) is 5.92 Å². The summed E-state index contributed by atoms with van der Waals surface area (Å²) in [6.07, 6.45) is -1.10.